The maximum Gasteiger partial charge on any atom is 0.240 e. The van der Waals surface area contributed by atoms with Gasteiger partial charge < -0.3 is 5.32 Å². The molecule has 0 aliphatic heterocycles. The number of aromatic nitrogens is 4. The van der Waals surface area contributed by atoms with E-state index in [4.69, 9.17) is 0 Å². The van der Waals surface area contributed by atoms with Gasteiger partial charge in [0.15, 0.2) is 11.5 Å². The van der Waals surface area contributed by atoms with Crippen molar-refractivity contribution >= 4 is 33.3 Å². The van der Waals surface area contributed by atoms with Crippen LogP contribution in [0.15, 0.2) is 46.3 Å². The molecule has 11 heteroatoms. The van der Waals surface area contributed by atoms with Gasteiger partial charge in [0.2, 0.25) is 15.9 Å². The summed E-state index contributed by atoms with van der Waals surface area (Å²) in [6.45, 7) is 2.07. The fourth-order valence-electron chi connectivity index (χ4n) is 3.80. The number of benzene rings is 1. The monoisotopic (exact) mass is 488 g/mol. The minimum Gasteiger partial charge on any atom is -0.353 e. The van der Waals surface area contributed by atoms with Crippen molar-refractivity contribution in [2.75, 3.05) is 12.3 Å². The number of thioether (sulfide) groups is 1. The maximum absolute atomic E-state index is 12.5. The zero-order valence-corrected chi connectivity index (χ0v) is 20.2. The number of hydrogen-bond acceptors (Lipinski definition) is 7. The van der Waals surface area contributed by atoms with Crippen LogP contribution in [0.2, 0.25) is 0 Å². The van der Waals surface area contributed by atoms with Gasteiger partial charge in [-0.2, -0.15) is 9.61 Å². The molecule has 2 heterocycles. The molecule has 1 aliphatic rings. The Labute approximate surface area is 197 Å². The van der Waals surface area contributed by atoms with E-state index in [1.807, 2.05) is 13.0 Å². The number of hydrogen-bond donors (Lipinski definition) is 2. The van der Waals surface area contributed by atoms with E-state index in [1.165, 1.54) is 31.0 Å². The van der Waals surface area contributed by atoms with Crippen molar-refractivity contribution < 1.29 is 13.2 Å². The molecule has 9 nitrogen and oxygen atoms in total. The second kappa shape index (κ2) is 10.6. The quantitative estimate of drug-likeness (QED) is 0.444. The van der Waals surface area contributed by atoms with E-state index in [9.17, 15) is 13.2 Å². The van der Waals surface area contributed by atoms with Gasteiger partial charge in [0.25, 0.3) is 0 Å². The average molecular weight is 489 g/mol. The molecular weight excluding hydrogens is 460 g/mol. The first kappa shape index (κ1) is 23.7. The van der Waals surface area contributed by atoms with E-state index in [2.05, 4.69) is 25.3 Å². The first-order chi connectivity index (χ1) is 15.9. The van der Waals surface area contributed by atoms with Crippen LogP contribution in [0.25, 0.3) is 5.65 Å². The van der Waals surface area contributed by atoms with Crippen molar-refractivity contribution in [3.8, 4) is 0 Å². The largest absolute Gasteiger partial charge is 0.353 e. The molecule has 0 bridgehead atoms. The topological polar surface area (TPSA) is 118 Å². The number of sulfonamides is 1. The van der Waals surface area contributed by atoms with Gasteiger partial charge >= 0.3 is 0 Å². The molecule has 1 fully saturated rings. The third-order valence-corrected chi connectivity index (χ3v) is 7.99. The van der Waals surface area contributed by atoms with Gasteiger partial charge in [-0.15, -0.1) is 10.2 Å². The second-order valence-electron chi connectivity index (χ2n) is 8.21. The molecule has 1 aliphatic carbocycles. The standard InChI is InChI=1S/C22H28N6O3S2/c1-16-7-9-18(10-8-16)33(30,31)23-14-13-20-26-25-19-11-12-22(27-28(19)20)32-15-21(29)24-17-5-3-2-4-6-17/h7-12,17,23H,2-6,13-15H2,1H3,(H,24,29). The molecule has 1 amide bonds. The van der Waals surface area contributed by atoms with E-state index < -0.39 is 10.0 Å². The first-order valence-electron chi connectivity index (χ1n) is 11.1. The predicted octanol–water partition coefficient (Wildman–Crippen LogP) is 2.49. The summed E-state index contributed by atoms with van der Waals surface area (Å²) in [4.78, 5) is 12.5. The van der Waals surface area contributed by atoms with Crippen molar-refractivity contribution in [1.82, 2.24) is 29.9 Å². The summed E-state index contributed by atoms with van der Waals surface area (Å²) in [6.07, 6.45) is 6.04. The number of carbonyl (C=O) groups is 1. The summed E-state index contributed by atoms with van der Waals surface area (Å²) in [5.41, 5.74) is 1.57. The Hall–Kier alpha value is -2.50. The molecule has 0 saturated heterocycles. The third kappa shape index (κ3) is 6.30. The summed E-state index contributed by atoms with van der Waals surface area (Å²) in [6, 6.07) is 10.6. The Morgan fingerprint density at radius 3 is 2.61 bits per heavy atom. The van der Waals surface area contributed by atoms with Crippen molar-refractivity contribution in [2.24, 2.45) is 0 Å². The van der Waals surface area contributed by atoms with Crippen LogP contribution < -0.4 is 10.0 Å². The molecule has 0 atom stereocenters. The smallest absolute Gasteiger partial charge is 0.240 e. The van der Waals surface area contributed by atoms with E-state index in [-0.39, 0.29) is 23.4 Å². The fourth-order valence-corrected chi connectivity index (χ4v) is 5.50. The fraction of sp³-hybridized carbons (Fsp3) is 0.455. The number of nitrogens with zero attached hydrogens (tertiary/aromatic N) is 4. The van der Waals surface area contributed by atoms with Crippen LogP contribution >= 0.6 is 11.8 Å². The summed E-state index contributed by atoms with van der Waals surface area (Å²) < 4.78 is 29.1. The van der Waals surface area contributed by atoms with Crippen molar-refractivity contribution in [1.29, 1.82) is 0 Å². The predicted molar refractivity (Wildman–Crippen MR) is 127 cm³/mol. The molecule has 2 aromatic heterocycles. The Morgan fingerprint density at radius 2 is 1.85 bits per heavy atom. The SMILES string of the molecule is Cc1ccc(S(=O)(=O)NCCc2nnc3ccc(SCC(=O)NC4CCCCC4)nn23)cc1. The number of nitrogens with one attached hydrogen (secondary N) is 2. The Kier molecular flexibility index (Phi) is 7.61. The van der Waals surface area contributed by atoms with Crippen molar-refractivity contribution in [3.63, 3.8) is 0 Å². The summed E-state index contributed by atoms with van der Waals surface area (Å²) in [5.74, 6) is 0.858. The van der Waals surface area contributed by atoms with Gasteiger partial charge in [0.1, 0.15) is 5.03 Å². The Balaban J connectivity index is 1.33. The normalized spacial score (nSPS) is 15.1. The minimum atomic E-state index is -3.60. The summed E-state index contributed by atoms with van der Waals surface area (Å²) in [7, 11) is -3.60. The van der Waals surface area contributed by atoms with Crippen molar-refractivity contribution in [2.45, 2.75) is 61.4 Å². The molecular formula is C22H28N6O3S2. The van der Waals surface area contributed by atoms with E-state index in [0.29, 0.717) is 28.7 Å². The van der Waals surface area contributed by atoms with Gasteiger partial charge in [-0.3, -0.25) is 4.79 Å². The lowest BCUT2D eigenvalue weighted by Crippen LogP contribution is -2.37. The molecule has 1 aromatic carbocycles. The van der Waals surface area contributed by atoms with Crippen LogP contribution in [-0.2, 0) is 21.2 Å². The van der Waals surface area contributed by atoms with Crippen molar-refractivity contribution in [3.05, 3.63) is 47.8 Å². The average Bonchev–Trinajstić information content (AvgIpc) is 3.21. The minimum absolute atomic E-state index is 0.0169. The van der Waals surface area contributed by atoms with Crippen LogP contribution in [0.4, 0.5) is 0 Å². The highest BCUT2D eigenvalue weighted by Gasteiger charge is 2.17. The maximum atomic E-state index is 12.5. The van der Waals surface area contributed by atoms with Crippen LogP contribution in [0.1, 0.15) is 43.5 Å². The molecule has 2 N–H and O–H groups in total. The lowest BCUT2D eigenvalue weighted by Gasteiger charge is -2.22. The summed E-state index contributed by atoms with van der Waals surface area (Å²) >= 11 is 1.36. The molecule has 4 rings (SSSR count). The molecule has 1 saturated carbocycles. The van der Waals surface area contributed by atoms with Gasteiger partial charge in [-0.1, -0.05) is 48.7 Å². The van der Waals surface area contributed by atoms with Gasteiger partial charge in [-0.25, -0.2) is 13.1 Å². The zero-order valence-electron chi connectivity index (χ0n) is 18.5. The molecule has 0 spiro atoms. The number of rotatable bonds is 9. The molecule has 3 aromatic rings. The Morgan fingerprint density at radius 1 is 1.09 bits per heavy atom. The molecule has 33 heavy (non-hydrogen) atoms. The number of fused-ring (bicyclic) bond motifs is 1. The third-order valence-electron chi connectivity index (χ3n) is 5.60. The molecule has 0 unspecified atom stereocenters. The highest BCUT2D eigenvalue weighted by atomic mass is 32.2. The van der Waals surface area contributed by atoms with Crippen LogP contribution in [0.3, 0.4) is 0 Å². The van der Waals surface area contributed by atoms with E-state index >= 15 is 0 Å². The van der Waals surface area contributed by atoms with Crippen LogP contribution in [-0.4, -0.2) is 52.5 Å². The van der Waals surface area contributed by atoms with Gasteiger partial charge in [-0.05, 0) is 44.0 Å². The number of carbonyl (C=O) groups excluding carboxylic acids is 1. The lowest BCUT2D eigenvalue weighted by atomic mass is 9.95. The molecule has 0 radical (unpaired) electrons. The van der Waals surface area contributed by atoms with E-state index in [0.717, 1.165) is 18.4 Å². The Bertz CT molecular complexity index is 1200. The highest BCUT2D eigenvalue weighted by Crippen LogP contribution is 2.19. The van der Waals surface area contributed by atoms with Gasteiger partial charge in [0.05, 0.1) is 10.6 Å². The second-order valence-corrected chi connectivity index (χ2v) is 11.0. The van der Waals surface area contributed by atoms with E-state index in [1.54, 1.807) is 34.8 Å². The van der Waals surface area contributed by atoms with Gasteiger partial charge in [0, 0.05) is 19.0 Å². The zero-order chi connectivity index (χ0) is 23.3. The first-order valence-corrected chi connectivity index (χ1v) is 13.6. The van der Waals surface area contributed by atoms with Crippen LogP contribution in [0.5, 0.6) is 0 Å². The highest BCUT2D eigenvalue weighted by molar-refractivity contribution is 7.99. The number of aryl methyl sites for hydroxylation is 1. The molecule has 176 valence electrons. The van der Waals surface area contributed by atoms with Crippen LogP contribution in [0, 0.1) is 6.92 Å². The summed E-state index contributed by atoms with van der Waals surface area (Å²) in [5, 5.41) is 16.6. The number of amides is 1. The lowest BCUT2D eigenvalue weighted by molar-refractivity contribution is -0.119.